The summed E-state index contributed by atoms with van der Waals surface area (Å²) in [7, 11) is -3.76. The molecule has 0 aromatic rings. The molecule has 0 bridgehead atoms. The highest BCUT2D eigenvalue weighted by molar-refractivity contribution is 7.89. The van der Waals surface area contributed by atoms with Gasteiger partial charge >= 0.3 is 5.97 Å². The Labute approximate surface area is 85.6 Å². The van der Waals surface area contributed by atoms with Gasteiger partial charge in [0.1, 0.15) is 12.6 Å². The van der Waals surface area contributed by atoms with Crippen molar-refractivity contribution in [3.05, 3.63) is 0 Å². The summed E-state index contributed by atoms with van der Waals surface area (Å²) in [6.45, 7) is -0.106. The standard InChI is InChI=1S/C6H10N2O6S/c9-5(10)1-2-15(12,13)8-4-3-14-7-6(4)11/h4,8H,1-3H2,(H,7,11)(H,9,10)/t4-/m1/s1. The molecule has 0 spiro atoms. The summed E-state index contributed by atoms with van der Waals surface area (Å²) in [5.74, 6) is -2.37. The number of nitrogens with one attached hydrogen (secondary N) is 2. The van der Waals surface area contributed by atoms with Gasteiger partial charge in [0.2, 0.25) is 10.0 Å². The maximum atomic E-state index is 11.2. The first-order valence-corrected chi connectivity index (χ1v) is 5.69. The van der Waals surface area contributed by atoms with Crippen LogP contribution in [0.4, 0.5) is 0 Å². The van der Waals surface area contributed by atoms with Crippen molar-refractivity contribution in [2.75, 3.05) is 12.4 Å². The summed E-state index contributed by atoms with van der Waals surface area (Å²) >= 11 is 0. The van der Waals surface area contributed by atoms with Crippen LogP contribution in [0.1, 0.15) is 6.42 Å². The molecule has 1 aliphatic rings. The summed E-state index contributed by atoms with van der Waals surface area (Å²) in [5, 5.41) is 8.29. The third kappa shape index (κ3) is 3.81. The number of carboxylic acids is 1. The Morgan fingerprint density at radius 2 is 2.33 bits per heavy atom. The summed E-state index contributed by atoms with van der Waals surface area (Å²) in [4.78, 5) is 25.6. The van der Waals surface area contributed by atoms with Crippen molar-refractivity contribution in [1.29, 1.82) is 0 Å². The van der Waals surface area contributed by atoms with E-state index in [1.807, 2.05) is 10.2 Å². The Bertz CT molecular complexity index is 364. The lowest BCUT2D eigenvalue weighted by Gasteiger charge is -2.07. The third-order valence-electron chi connectivity index (χ3n) is 1.65. The number of hydrogen-bond acceptors (Lipinski definition) is 5. The van der Waals surface area contributed by atoms with E-state index in [0.717, 1.165) is 0 Å². The monoisotopic (exact) mass is 238 g/mol. The van der Waals surface area contributed by atoms with Crippen LogP contribution in [0.2, 0.25) is 0 Å². The molecule has 1 fully saturated rings. The molecular formula is C6H10N2O6S. The Balaban J connectivity index is 2.48. The van der Waals surface area contributed by atoms with Crippen LogP contribution in [0.25, 0.3) is 0 Å². The number of rotatable bonds is 5. The number of carbonyl (C=O) groups is 2. The maximum absolute atomic E-state index is 11.2. The Hall–Kier alpha value is -1.19. The number of aliphatic carboxylic acids is 1. The van der Waals surface area contributed by atoms with E-state index >= 15 is 0 Å². The normalized spacial score (nSPS) is 21.3. The molecule has 0 aliphatic carbocycles. The van der Waals surface area contributed by atoms with Crippen LogP contribution in [0.15, 0.2) is 0 Å². The average Bonchev–Trinajstić information content (AvgIpc) is 2.48. The van der Waals surface area contributed by atoms with Gasteiger partial charge in [-0.25, -0.2) is 18.6 Å². The zero-order valence-corrected chi connectivity index (χ0v) is 8.41. The van der Waals surface area contributed by atoms with Crippen molar-refractivity contribution >= 4 is 21.9 Å². The van der Waals surface area contributed by atoms with Crippen LogP contribution in [-0.2, 0) is 24.4 Å². The van der Waals surface area contributed by atoms with Crippen molar-refractivity contribution in [2.45, 2.75) is 12.5 Å². The van der Waals surface area contributed by atoms with Crippen LogP contribution in [0.3, 0.4) is 0 Å². The molecule has 1 atom stereocenters. The molecule has 0 aromatic carbocycles. The van der Waals surface area contributed by atoms with Gasteiger partial charge in [-0.15, -0.1) is 0 Å². The summed E-state index contributed by atoms with van der Waals surface area (Å²) in [6, 6.07) is -0.983. The lowest BCUT2D eigenvalue weighted by molar-refractivity contribution is -0.136. The smallest absolute Gasteiger partial charge is 0.304 e. The SMILES string of the molecule is O=C(O)CCS(=O)(=O)N[C@@H]1CONC1=O. The molecule has 15 heavy (non-hydrogen) atoms. The molecule has 1 saturated heterocycles. The molecule has 1 rings (SSSR count). The lowest BCUT2D eigenvalue weighted by Crippen LogP contribution is -2.42. The highest BCUT2D eigenvalue weighted by atomic mass is 32.2. The van der Waals surface area contributed by atoms with Crippen LogP contribution in [0.5, 0.6) is 0 Å². The molecule has 3 N–H and O–H groups in total. The van der Waals surface area contributed by atoms with E-state index in [4.69, 9.17) is 5.11 Å². The predicted molar refractivity (Wildman–Crippen MR) is 47.1 cm³/mol. The van der Waals surface area contributed by atoms with Crippen molar-refractivity contribution in [3.8, 4) is 0 Å². The lowest BCUT2D eigenvalue weighted by atomic mass is 10.3. The van der Waals surface area contributed by atoms with Crippen molar-refractivity contribution in [1.82, 2.24) is 10.2 Å². The van der Waals surface area contributed by atoms with Crippen molar-refractivity contribution in [2.24, 2.45) is 0 Å². The quantitative estimate of drug-likeness (QED) is 0.500. The van der Waals surface area contributed by atoms with E-state index in [9.17, 15) is 18.0 Å². The van der Waals surface area contributed by atoms with Gasteiger partial charge in [-0.2, -0.15) is 0 Å². The molecule has 1 aliphatic heterocycles. The average molecular weight is 238 g/mol. The van der Waals surface area contributed by atoms with Crippen LogP contribution in [-0.4, -0.2) is 43.8 Å². The van der Waals surface area contributed by atoms with Crippen molar-refractivity contribution in [3.63, 3.8) is 0 Å². The zero-order valence-electron chi connectivity index (χ0n) is 7.60. The van der Waals surface area contributed by atoms with Crippen LogP contribution in [0, 0.1) is 0 Å². The van der Waals surface area contributed by atoms with E-state index in [1.54, 1.807) is 0 Å². The fourth-order valence-corrected chi connectivity index (χ4v) is 2.10. The molecule has 0 saturated carbocycles. The van der Waals surface area contributed by atoms with Gasteiger partial charge in [0.05, 0.1) is 12.2 Å². The number of carboxylic acid groups (broad SMARTS) is 1. The van der Waals surface area contributed by atoms with Gasteiger partial charge in [-0.1, -0.05) is 0 Å². The number of hydroxylamine groups is 1. The second kappa shape index (κ2) is 4.55. The van der Waals surface area contributed by atoms with Gasteiger partial charge in [0.25, 0.3) is 5.91 Å². The first-order chi connectivity index (χ1) is 6.91. The van der Waals surface area contributed by atoms with Gasteiger partial charge in [0, 0.05) is 0 Å². The molecule has 0 radical (unpaired) electrons. The number of hydrogen-bond donors (Lipinski definition) is 3. The predicted octanol–water partition coefficient (Wildman–Crippen LogP) is -2.19. The van der Waals surface area contributed by atoms with Gasteiger partial charge in [-0.05, 0) is 0 Å². The minimum absolute atomic E-state index is 0.106. The largest absolute Gasteiger partial charge is 0.481 e. The fourth-order valence-electron chi connectivity index (χ4n) is 0.928. The van der Waals surface area contributed by atoms with E-state index in [-0.39, 0.29) is 6.61 Å². The highest BCUT2D eigenvalue weighted by Crippen LogP contribution is 1.98. The Morgan fingerprint density at radius 3 is 2.80 bits per heavy atom. The van der Waals surface area contributed by atoms with Gasteiger partial charge in [0.15, 0.2) is 0 Å². The first-order valence-electron chi connectivity index (χ1n) is 4.04. The molecule has 86 valence electrons. The molecule has 9 heteroatoms. The Kier molecular flexibility index (Phi) is 3.61. The first kappa shape index (κ1) is 11.9. The number of sulfonamides is 1. The fraction of sp³-hybridized carbons (Fsp3) is 0.667. The van der Waals surface area contributed by atoms with Gasteiger partial charge < -0.3 is 5.11 Å². The third-order valence-corrected chi connectivity index (χ3v) is 3.03. The topological polar surface area (TPSA) is 122 Å². The molecular weight excluding hydrogens is 228 g/mol. The number of carbonyl (C=O) groups excluding carboxylic acids is 1. The van der Waals surface area contributed by atoms with Crippen LogP contribution < -0.4 is 10.2 Å². The van der Waals surface area contributed by atoms with Gasteiger partial charge in [-0.3, -0.25) is 14.4 Å². The maximum Gasteiger partial charge on any atom is 0.304 e. The summed E-state index contributed by atoms with van der Waals surface area (Å²) < 4.78 is 24.5. The molecule has 8 nitrogen and oxygen atoms in total. The Morgan fingerprint density at radius 1 is 1.67 bits per heavy atom. The minimum Gasteiger partial charge on any atom is -0.481 e. The second-order valence-corrected chi connectivity index (χ2v) is 4.78. The van der Waals surface area contributed by atoms with E-state index < -0.39 is 40.1 Å². The summed E-state index contributed by atoms with van der Waals surface area (Å²) in [6.07, 6.45) is -0.509. The van der Waals surface area contributed by atoms with E-state index in [2.05, 4.69) is 4.84 Å². The van der Waals surface area contributed by atoms with Crippen LogP contribution >= 0.6 is 0 Å². The second-order valence-electron chi connectivity index (χ2n) is 2.91. The summed E-state index contributed by atoms with van der Waals surface area (Å²) in [5.41, 5.74) is 1.97. The molecule has 0 aromatic heterocycles. The zero-order chi connectivity index (χ0) is 11.5. The molecule has 1 amide bonds. The molecule has 1 heterocycles. The molecule has 0 unspecified atom stereocenters. The highest BCUT2D eigenvalue weighted by Gasteiger charge is 2.29. The van der Waals surface area contributed by atoms with E-state index in [0.29, 0.717) is 0 Å². The van der Waals surface area contributed by atoms with E-state index in [1.165, 1.54) is 0 Å². The number of amides is 1. The van der Waals surface area contributed by atoms with Crippen molar-refractivity contribution < 1.29 is 28.0 Å². The minimum atomic E-state index is -3.76.